The third kappa shape index (κ3) is 5.37. The van der Waals surface area contributed by atoms with Gasteiger partial charge in [0, 0.05) is 31.5 Å². The molecule has 0 aliphatic carbocycles. The van der Waals surface area contributed by atoms with Gasteiger partial charge >= 0.3 is 0 Å². The molecule has 0 bridgehead atoms. The first-order valence-corrected chi connectivity index (χ1v) is 13.1. The Morgan fingerprint density at radius 1 is 1.55 bits per heavy atom. The Bertz CT molecular complexity index is 990. The average Bonchev–Trinajstić information content (AvgIpc) is 3.06. The normalized spacial score (nSPS) is 18.8. The maximum Gasteiger partial charge on any atom is 0.294 e. The van der Waals surface area contributed by atoms with E-state index in [1.165, 1.54) is 18.0 Å². The first kappa shape index (κ1) is 23.8. The summed E-state index contributed by atoms with van der Waals surface area (Å²) in [4.78, 5) is 28.4. The van der Waals surface area contributed by atoms with E-state index in [0.29, 0.717) is 11.3 Å². The molecule has 0 fully saturated rings. The van der Waals surface area contributed by atoms with Crippen LogP contribution >= 0.6 is 23.1 Å². The lowest BCUT2D eigenvalue weighted by Crippen LogP contribution is -2.45. The van der Waals surface area contributed by atoms with E-state index in [2.05, 4.69) is 4.84 Å². The van der Waals surface area contributed by atoms with Crippen LogP contribution in [0.5, 0.6) is 0 Å². The average molecular weight is 489 g/mol. The van der Waals surface area contributed by atoms with Crippen LogP contribution in [0.3, 0.4) is 0 Å². The van der Waals surface area contributed by atoms with Crippen LogP contribution in [0.1, 0.15) is 18.5 Å². The van der Waals surface area contributed by atoms with Crippen molar-refractivity contribution in [1.29, 1.82) is 0 Å². The first-order valence-electron chi connectivity index (χ1n) is 8.17. The number of fused-ring (bicyclic) bond motifs is 1. The maximum atomic E-state index is 12.7. The van der Waals surface area contributed by atoms with Crippen LogP contribution in [0, 0.1) is 10.1 Å². The standard InChI is InChI=1S/C13H20N4O8S4/c1-3-16(11(18)8-26-5-4-25-17(19)20)10-7-15(2)29(23,24)13-9(10)6-12(27-13)28(14,21)22/h6,10H,3-5,7-8H2,1-2H3,(H2,14,21,22)/t10-/m0/s1. The second-order valence-corrected chi connectivity index (χ2v) is 12.1. The van der Waals surface area contributed by atoms with Gasteiger partial charge in [-0.15, -0.1) is 21.5 Å². The summed E-state index contributed by atoms with van der Waals surface area (Å²) < 4.78 is 49.2. The van der Waals surface area contributed by atoms with Gasteiger partial charge in [0.15, 0.2) is 0 Å². The van der Waals surface area contributed by atoms with Gasteiger partial charge in [0.25, 0.3) is 15.1 Å². The lowest BCUT2D eigenvalue weighted by atomic mass is 10.1. The lowest BCUT2D eigenvalue weighted by molar-refractivity contribution is -0.756. The summed E-state index contributed by atoms with van der Waals surface area (Å²) in [5.74, 6) is -0.0862. The summed E-state index contributed by atoms with van der Waals surface area (Å²) in [7, 11) is -6.64. The third-order valence-corrected chi connectivity index (χ3v) is 9.93. The number of carbonyl (C=O) groups excluding carboxylic acids is 1. The van der Waals surface area contributed by atoms with Gasteiger partial charge in [0.2, 0.25) is 15.9 Å². The van der Waals surface area contributed by atoms with E-state index in [-0.39, 0.29) is 51.1 Å². The summed E-state index contributed by atoms with van der Waals surface area (Å²) >= 11 is 1.69. The van der Waals surface area contributed by atoms with E-state index in [1.807, 2.05) is 0 Å². The molecule has 29 heavy (non-hydrogen) atoms. The topological polar surface area (TPSA) is 170 Å². The second-order valence-electron chi connectivity index (χ2n) is 5.94. The van der Waals surface area contributed by atoms with Crippen LogP contribution in [0.15, 0.2) is 14.5 Å². The van der Waals surface area contributed by atoms with Gasteiger partial charge in [0.1, 0.15) is 15.0 Å². The van der Waals surface area contributed by atoms with Crippen LogP contribution in [0.2, 0.25) is 0 Å². The van der Waals surface area contributed by atoms with Crippen molar-refractivity contribution >= 4 is 49.1 Å². The van der Waals surface area contributed by atoms with Gasteiger partial charge in [0.05, 0.1) is 11.8 Å². The first-order chi connectivity index (χ1) is 13.4. The van der Waals surface area contributed by atoms with Crippen molar-refractivity contribution in [3.8, 4) is 0 Å². The largest absolute Gasteiger partial charge is 0.334 e. The van der Waals surface area contributed by atoms with Crippen molar-refractivity contribution in [2.24, 2.45) is 5.14 Å². The fourth-order valence-corrected chi connectivity index (χ4v) is 7.48. The number of hydrogen-bond donors (Lipinski definition) is 1. The molecular weight excluding hydrogens is 468 g/mol. The van der Waals surface area contributed by atoms with Crippen molar-refractivity contribution in [3.05, 3.63) is 21.7 Å². The number of likely N-dealkylation sites (N-methyl/N-ethyl adjacent to an activating group) is 2. The molecule has 1 aliphatic heterocycles. The van der Waals surface area contributed by atoms with Crippen LogP contribution in [0.25, 0.3) is 0 Å². The molecule has 0 saturated heterocycles. The van der Waals surface area contributed by atoms with E-state index in [1.54, 1.807) is 6.92 Å². The molecule has 2 rings (SSSR count). The van der Waals surface area contributed by atoms with Crippen LogP contribution < -0.4 is 5.14 Å². The lowest BCUT2D eigenvalue weighted by Gasteiger charge is -2.37. The van der Waals surface area contributed by atoms with E-state index >= 15 is 0 Å². The summed E-state index contributed by atoms with van der Waals surface area (Å²) in [5.41, 5.74) is 0.217. The van der Waals surface area contributed by atoms with Crippen molar-refractivity contribution in [1.82, 2.24) is 9.21 Å². The molecule has 1 atom stereocenters. The molecule has 1 aromatic rings. The van der Waals surface area contributed by atoms with E-state index in [0.717, 1.165) is 16.1 Å². The summed E-state index contributed by atoms with van der Waals surface area (Å²) in [6.45, 7) is 1.77. The number of amides is 1. The maximum absolute atomic E-state index is 12.7. The van der Waals surface area contributed by atoms with Gasteiger partial charge in [-0.2, -0.15) is 16.1 Å². The molecule has 1 aliphatic rings. The number of primary sulfonamides is 1. The fraction of sp³-hybridized carbons (Fsp3) is 0.615. The number of thiophene rings is 1. The highest BCUT2D eigenvalue weighted by Gasteiger charge is 2.41. The summed E-state index contributed by atoms with van der Waals surface area (Å²) in [6, 6.07) is 0.525. The minimum atomic E-state index is -4.11. The Labute approximate surface area is 176 Å². The molecule has 0 radical (unpaired) electrons. The predicted molar refractivity (Wildman–Crippen MR) is 106 cm³/mol. The Balaban J connectivity index is 2.27. The van der Waals surface area contributed by atoms with Crippen LogP contribution in [-0.2, 0) is 29.7 Å². The van der Waals surface area contributed by atoms with Gasteiger partial charge in [-0.05, 0) is 13.0 Å². The molecule has 0 aromatic carbocycles. The predicted octanol–water partition coefficient (Wildman–Crippen LogP) is -0.139. The number of sulfonamides is 2. The number of hydrogen-bond acceptors (Lipinski definition) is 10. The molecule has 0 saturated carbocycles. The molecule has 0 unspecified atom stereocenters. The van der Waals surface area contributed by atoms with Gasteiger partial charge in [-0.25, -0.2) is 22.0 Å². The van der Waals surface area contributed by atoms with Crippen molar-refractivity contribution in [2.75, 3.05) is 38.2 Å². The number of thioether (sulfide) groups is 1. The van der Waals surface area contributed by atoms with Crippen LogP contribution in [0.4, 0.5) is 0 Å². The molecule has 1 aromatic heterocycles. The van der Waals surface area contributed by atoms with E-state index < -0.39 is 31.2 Å². The highest BCUT2D eigenvalue weighted by atomic mass is 32.3. The molecule has 164 valence electrons. The fourth-order valence-electron chi connectivity index (χ4n) is 2.77. The third-order valence-electron chi connectivity index (χ3n) is 4.10. The van der Waals surface area contributed by atoms with E-state index in [4.69, 9.17) is 5.14 Å². The van der Waals surface area contributed by atoms with E-state index in [9.17, 15) is 31.7 Å². The number of rotatable bonds is 9. The zero-order chi connectivity index (χ0) is 22.0. The molecule has 16 heteroatoms. The number of carbonyl (C=O) groups is 1. The van der Waals surface area contributed by atoms with Gasteiger partial charge < -0.3 is 9.74 Å². The van der Waals surface area contributed by atoms with Crippen molar-refractivity contribution in [2.45, 2.75) is 21.4 Å². The molecular formula is C13H20N4O8S4. The minimum absolute atomic E-state index is 0.00337. The minimum Gasteiger partial charge on any atom is -0.334 e. The van der Waals surface area contributed by atoms with Gasteiger partial charge in [-0.1, -0.05) is 0 Å². The highest BCUT2D eigenvalue weighted by molar-refractivity contribution is 7.99. The Kier molecular flexibility index (Phi) is 7.50. The van der Waals surface area contributed by atoms with Crippen molar-refractivity contribution in [3.63, 3.8) is 0 Å². The number of nitrogens with two attached hydrogens (primary N) is 1. The molecule has 12 nitrogen and oxygen atoms in total. The summed E-state index contributed by atoms with van der Waals surface area (Å²) in [6.07, 6.45) is 0. The molecule has 2 heterocycles. The van der Waals surface area contributed by atoms with Crippen molar-refractivity contribution < 1.29 is 31.6 Å². The molecule has 1 amide bonds. The smallest absolute Gasteiger partial charge is 0.294 e. The molecule has 0 spiro atoms. The SMILES string of the molecule is CCN(C(=O)CSCCO[N+](=O)[O-])[C@H]1CN(C)S(=O)(=O)c2sc(S(N)(=O)=O)cc21. The van der Waals surface area contributed by atoms with Gasteiger partial charge in [-0.3, -0.25) is 4.79 Å². The quantitative estimate of drug-likeness (QED) is 0.282. The Morgan fingerprint density at radius 2 is 2.21 bits per heavy atom. The van der Waals surface area contributed by atoms with Crippen LogP contribution in [-0.4, -0.2) is 75.3 Å². The Morgan fingerprint density at radius 3 is 2.76 bits per heavy atom. The highest BCUT2D eigenvalue weighted by Crippen LogP contribution is 2.41. The number of nitrogens with zero attached hydrogens (tertiary/aromatic N) is 3. The zero-order valence-corrected chi connectivity index (χ0v) is 18.8. The molecule has 2 N–H and O–H groups in total. The Hall–Kier alpha value is -1.46. The second kappa shape index (κ2) is 9.13. The monoisotopic (exact) mass is 488 g/mol. The summed E-state index contributed by atoms with van der Waals surface area (Å²) in [5, 5.41) is 14.4. The zero-order valence-electron chi connectivity index (χ0n) is 15.5.